The molecule has 0 amide bonds. The molecule has 0 radical (unpaired) electrons. The van der Waals surface area contributed by atoms with Gasteiger partial charge in [0.15, 0.2) is 11.5 Å². The molecule has 0 atom stereocenters. The number of thiazole rings is 2. The highest BCUT2D eigenvalue weighted by Crippen LogP contribution is 2.34. The molecule has 0 aliphatic heterocycles. The summed E-state index contributed by atoms with van der Waals surface area (Å²) in [6, 6.07) is 9.71. The lowest BCUT2D eigenvalue weighted by Crippen LogP contribution is -2.08. The zero-order chi connectivity index (χ0) is 21.6. The third-order valence-electron chi connectivity index (χ3n) is 4.25. The number of benzene rings is 1. The molecule has 3 heterocycles. The number of carbonyl (C=O) groups excluding carboxylic acids is 1. The Bertz CT molecular complexity index is 1150. The Balaban J connectivity index is 1.34. The molecule has 0 saturated heterocycles. The van der Waals surface area contributed by atoms with Crippen molar-refractivity contribution in [3.05, 3.63) is 57.9 Å². The van der Waals surface area contributed by atoms with Crippen molar-refractivity contribution in [2.45, 2.75) is 20.0 Å². The van der Waals surface area contributed by atoms with Gasteiger partial charge < -0.3 is 14.2 Å². The van der Waals surface area contributed by atoms with E-state index in [1.54, 1.807) is 18.4 Å². The van der Waals surface area contributed by atoms with Crippen molar-refractivity contribution in [2.24, 2.45) is 0 Å². The van der Waals surface area contributed by atoms with E-state index in [1.165, 1.54) is 22.7 Å². The van der Waals surface area contributed by atoms with Gasteiger partial charge in [0.1, 0.15) is 16.6 Å². The van der Waals surface area contributed by atoms with Crippen molar-refractivity contribution < 1.29 is 19.0 Å². The Morgan fingerprint density at radius 2 is 1.81 bits per heavy atom. The van der Waals surface area contributed by atoms with Gasteiger partial charge in [-0.05, 0) is 36.6 Å². The van der Waals surface area contributed by atoms with Crippen molar-refractivity contribution in [1.29, 1.82) is 0 Å². The van der Waals surface area contributed by atoms with E-state index in [0.717, 1.165) is 26.1 Å². The molecule has 0 aliphatic rings. The molecule has 9 heteroatoms. The Kier molecular flexibility index (Phi) is 6.96. The van der Waals surface area contributed by atoms with Crippen molar-refractivity contribution in [2.75, 3.05) is 13.7 Å². The number of methoxy groups -OCH3 is 1. The number of aromatic nitrogens is 2. The van der Waals surface area contributed by atoms with E-state index in [1.807, 2.05) is 53.4 Å². The molecule has 4 aromatic rings. The second-order valence-electron chi connectivity index (χ2n) is 6.40. The average molecular weight is 473 g/mol. The largest absolute Gasteiger partial charge is 0.493 e. The summed E-state index contributed by atoms with van der Waals surface area (Å²) in [4.78, 5) is 22.4. The van der Waals surface area contributed by atoms with E-state index < -0.39 is 0 Å². The van der Waals surface area contributed by atoms with Gasteiger partial charge in [0.05, 0.1) is 36.4 Å². The average Bonchev–Trinajstić information content (AvgIpc) is 3.54. The van der Waals surface area contributed by atoms with Crippen LogP contribution in [0.1, 0.15) is 18.3 Å². The van der Waals surface area contributed by atoms with E-state index in [2.05, 4.69) is 9.97 Å². The summed E-state index contributed by atoms with van der Waals surface area (Å²) in [6.07, 6.45) is 0.148. The fourth-order valence-electron chi connectivity index (χ4n) is 2.84. The number of ether oxygens (including phenoxy) is 3. The first-order valence-corrected chi connectivity index (χ1v) is 12.2. The minimum atomic E-state index is -0.319. The van der Waals surface area contributed by atoms with Gasteiger partial charge in [0.2, 0.25) is 0 Å². The summed E-state index contributed by atoms with van der Waals surface area (Å²) < 4.78 is 16.4. The Morgan fingerprint density at radius 3 is 2.58 bits per heavy atom. The van der Waals surface area contributed by atoms with Crippen LogP contribution in [-0.2, 0) is 22.6 Å². The SMILES string of the molecule is CCOc1ccc(-c2nc(COC(=O)Cc3csc(-c4cccs4)n3)cs2)cc1OC. The first-order valence-electron chi connectivity index (χ1n) is 9.55. The molecule has 4 rings (SSSR count). The standard InChI is InChI=1S/C22H20N2O4S3/c1-3-27-17-7-6-14(9-18(17)26-2)21-24-16(13-30-21)11-28-20(25)10-15-12-31-22(23-15)19-5-4-8-29-19/h4-9,12-13H,3,10-11H2,1-2H3. The van der Waals surface area contributed by atoms with E-state index >= 15 is 0 Å². The lowest BCUT2D eigenvalue weighted by molar-refractivity contribution is -0.144. The number of hydrogen-bond acceptors (Lipinski definition) is 9. The minimum Gasteiger partial charge on any atom is -0.493 e. The number of nitrogens with zero attached hydrogens (tertiary/aromatic N) is 2. The van der Waals surface area contributed by atoms with Crippen LogP contribution in [0.5, 0.6) is 11.5 Å². The fourth-order valence-corrected chi connectivity index (χ4v) is 5.27. The van der Waals surface area contributed by atoms with E-state index in [0.29, 0.717) is 23.8 Å². The Morgan fingerprint density at radius 1 is 1.00 bits per heavy atom. The lowest BCUT2D eigenvalue weighted by atomic mass is 10.2. The van der Waals surface area contributed by atoms with Crippen LogP contribution in [0.4, 0.5) is 0 Å². The van der Waals surface area contributed by atoms with Gasteiger partial charge in [-0.3, -0.25) is 4.79 Å². The van der Waals surface area contributed by atoms with Gasteiger partial charge in [-0.25, -0.2) is 9.97 Å². The highest BCUT2D eigenvalue weighted by atomic mass is 32.1. The van der Waals surface area contributed by atoms with E-state index in [-0.39, 0.29) is 19.0 Å². The zero-order valence-corrected chi connectivity index (χ0v) is 19.4. The predicted molar refractivity (Wildman–Crippen MR) is 124 cm³/mol. The van der Waals surface area contributed by atoms with Crippen molar-refractivity contribution in [3.63, 3.8) is 0 Å². The maximum absolute atomic E-state index is 12.2. The number of hydrogen-bond donors (Lipinski definition) is 0. The second kappa shape index (κ2) is 10.0. The third kappa shape index (κ3) is 5.30. The lowest BCUT2D eigenvalue weighted by Gasteiger charge is -2.09. The summed E-state index contributed by atoms with van der Waals surface area (Å²) in [7, 11) is 1.61. The molecule has 0 aliphatic carbocycles. The zero-order valence-electron chi connectivity index (χ0n) is 17.0. The van der Waals surface area contributed by atoms with Gasteiger partial charge in [0.25, 0.3) is 0 Å². The van der Waals surface area contributed by atoms with Crippen LogP contribution in [0.15, 0.2) is 46.5 Å². The molecule has 0 N–H and O–H groups in total. The molecule has 0 unspecified atom stereocenters. The molecule has 0 fully saturated rings. The van der Waals surface area contributed by atoms with Gasteiger partial charge >= 0.3 is 5.97 Å². The molecule has 31 heavy (non-hydrogen) atoms. The molecule has 0 saturated carbocycles. The van der Waals surface area contributed by atoms with Crippen LogP contribution >= 0.6 is 34.0 Å². The molecule has 3 aromatic heterocycles. The van der Waals surface area contributed by atoms with Crippen LogP contribution in [0.25, 0.3) is 20.5 Å². The molecule has 1 aromatic carbocycles. The maximum atomic E-state index is 12.2. The number of rotatable bonds is 9. The van der Waals surface area contributed by atoms with Crippen LogP contribution in [0.2, 0.25) is 0 Å². The summed E-state index contributed by atoms with van der Waals surface area (Å²) >= 11 is 4.65. The molecular formula is C22H20N2O4S3. The smallest absolute Gasteiger partial charge is 0.312 e. The monoisotopic (exact) mass is 472 g/mol. The normalized spacial score (nSPS) is 10.8. The minimum absolute atomic E-state index is 0.130. The second-order valence-corrected chi connectivity index (χ2v) is 9.07. The highest BCUT2D eigenvalue weighted by molar-refractivity contribution is 7.20. The predicted octanol–water partition coefficient (Wildman–Crippen LogP) is 5.69. The number of esters is 1. The summed E-state index contributed by atoms with van der Waals surface area (Å²) in [5.41, 5.74) is 2.35. The molecule has 160 valence electrons. The Labute approximate surface area is 192 Å². The number of thiophene rings is 1. The van der Waals surface area contributed by atoms with E-state index in [9.17, 15) is 4.79 Å². The molecule has 0 bridgehead atoms. The Hall–Kier alpha value is -2.75. The van der Waals surface area contributed by atoms with Crippen molar-refractivity contribution in [1.82, 2.24) is 9.97 Å². The third-order valence-corrected chi connectivity index (χ3v) is 7.12. The fraction of sp³-hybridized carbons (Fsp3) is 0.227. The number of carbonyl (C=O) groups is 1. The summed E-state index contributed by atoms with van der Waals surface area (Å²) in [5, 5.41) is 7.55. The molecule has 6 nitrogen and oxygen atoms in total. The van der Waals surface area contributed by atoms with Gasteiger partial charge in [-0.1, -0.05) is 6.07 Å². The quantitative estimate of drug-likeness (QED) is 0.292. The molecular weight excluding hydrogens is 452 g/mol. The highest BCUT2D eigenvalue weighted by Gasteiger charge is 2.13. The van der Waals surface area contributed by atoms with Gasteiger partial charge in [0, 0.05) is 16.3 Å². The summed E-state index contributed by atoms with van der Waals surface area (Å²) in [6.45, 7) is 2.63. The van der Waals surface area contributed by atoms with Crippen molar-refractivity contribution >= 4 is 40.0 Å². The van der Waals surface area contributed by atoms with E-state index in [4.69, 9.17) is 14.2 Å². The van der Waals surface area contributed by atoms with Gasteiger partial charge in [-0.2, -0.15) is 0 Å². The van der Waals surface area contributed by atoms with Crippen molar-refractivity contribution in [3.8, 4) is 32.0 Å². The topological polar surface area (TPSA) is 70.5 Å². The van der Waals surface area contributed by atoms with Gasteiger partial charge in [-0.15, -0.1) is 34.0 Å². The first kappa shape index (κ1) is 21.5. The maximum Gasteiger partial charge on any atom is 0.312 e. The van der Waals surface area contributed by atoms with Crippen LogP contribution in [0.3, 0.4) is 0 Å². The van der Waals surface area contributed by atoms with Crippen LogP contribution < -0.4 is 9.47 Å². The molecule has 0 spiro atoms. The van der Waals surface area contributed by atoms with Crippen LogP contribution in [-0.4, -0.2) is 29.7 Å². The van der Waals surface area contributed by atoms with Crippen LogP contribution in [0, 0.1) is 0 Å². The first-order chi connectivity index (χ1) is 15.2. The summed E-state index contributed by atoms with van der Waals surface area (Å²) in [5.74, 6) is 1.04.